The van der Waals surface area contributed by atoms with Crippen LogP contribution < -0.4 is 11.3 Å². The van der Waals surface area contributed by atoms with Crippen LogP contribution in [-0.2, 0) is 12.8 Å². The molecular formula is C16H17FN2. The van der Waals surface area contributed by atoms with E-state index in [1.165, 1.54) is 29.7 Å². The summed E-state index contributed by atoms with van der Waals surface area (Å²) >= 11 is 0. The monoisotopic (exact) mass is 256 g/mol. The Morgan fingerprint density at radius 2 is 1.79 bits per heavy atom. The molecule has 3 heteroatoms. The van der Waals surface area contributed by atoms with Gasteiger partial charge in [0.2, 0.25) is 0 Å². The molecule has 1 aliphatic rings. The fourth-order valence-corrected chi connectivity index (χ4v) is 2.84. The normalized spacial score (nSPS) is 15.3. The van der Waals surface area contributed by atoms with E-state index in [-0.39, 0.29) is 11.9 Å². The zero-order valence-electron chi connectivity index (χ0n) is 10.7. The molecule has 0 bridgehead atoms. The summed E-state index contributed by atoms with van der Waals surface area (Å²) in [4.78, 5) is 0. The summed E-state index contributed by atoms with van der Waals surface area (Å²) in [5.74, 6) is 5.42. The van der Waals surface area contributed by atoms with Crippen LogP contribution in [0.1, 0.15) is 34.7 Å². The summed E-state index contributed by atoms with van der Waals surface area (Å²) < 4.78 is 13.3. The molecule has 1 aliphatic carbocycles. The quantitative estimate of drug-likeness (QED) is 0.654. The number of nitrogens with one attached hydrogen (secondary N) is 1. The third kappa shape index (κ3) is 2.39. The molecule has 0 saturated carbocycles. The summed E-state index contributed by atoms with van der Waals surface area (Å²) in [6.07, 6.45) is 3.51. The molecule has 19 heavy (non-hydrogen) atoms. The van der Waals surface area contributed by atoms with Gasteiger partial charge >= 0.3 is 0 Å². The Labute approximate surface area is 112 Å². The molecule has 0 aliphatic heterocycles. The smallest absolute Gasteiger partial charge is 0.123 e. The van der Waals surface area contributed by atoms with Gasteiger partial charge in [0, 0.05) is 0 Å². The largest absolute Gasteiger partial charge is 0.271 e. The van der Waals surface area contributed by atoms with E-state index in [4.69, 9.17) is 5.84 Å². The van der Waals surface area contributed by atoms with Crippen LogP contribution in [0, 0.1) is 5.82 Å². The summed E-state index contributed by atoms with van der Waals surface area (Å²) in [7, 11) is 0. The molecule has 0 spiro atoms. The van der Waals surface area contributed by atoms with Crippen LogP contribution in [0.3, 0.4) is 0 Å². The molecule has 2 nitrogen and oxygen atoms in total. The van der Waals surface area contributed by atoms with Crippen molar-refractivity contribution in [1.82, 2.24) is 5.43 Å². The van der Waals surface area contributed by atoms with E-state index >= 15 is 0 Å². The van der Waals surface area contributed by atoms with Crippen LogP contribution in [0.2, 0.25) is 0 Å². The highest BCUT2D eigenvalue weighted by molar-refractivity contribution is 5.40. The van der Waals surface area contributed by atoms with Crippen molar-refractivity contribution >= 4 is 0 Å². The van der Waals surface area contributed by atoms with Crippen molar-refractivity contribution in [3.63, 3.8) is 0 Å². The lowest BCUT2D eigenvalue weighted by atomic mass is 9.96. The third-order valence-corrected chi connectivity index (χ3v) is 3.80. The van der Waals surface area contributed by atoms with Crippen molar-refractivity contribution in [2.75, 3.05) is 0 Å². The Balaban J connectivity index is 1.98. The van der Waals surface area contributed by atoms with E-state index in [2.05, 4.69) is 23.6 Å². The van der Waals surface area contributed by atoms with Crippen LogP contribution in [0.4, 0.5) is 4.39 Å². The first-order valence-electron chi connectivity index (χ1n) is 6.61. The predicted molar refractivity (Wildman–Crippen MR) is 74.0 cm³/mol. The zero-order chi connectivity index (χ0) is 13.2. The fourth-order valence-electron chi connectivity index (χ4n) is 2.84. The van der Waals surface area contributed by atoms with E-state index in [0.717, 1.165) is 24.0 Å². The number of hydrogen-bond donors (Lipinski definition) is 2. The topological polar surface area (TPSA) is 38.0 Å². The highest BCUT2D eigenvalue weighted by Crippen LogP contribution is 2.28. The van der Waals surface area contributed by atoms with Gasteiger partial charge in [-0.15, -0.1) is 0 Å². The van der Waals surface area contributed by atoms with E-state index in [1.807, 2.05) is 6.07 Å². The first-order valence-corrected chi connectivity index (χ1v) is 6.61. The van der Waals surface area contributed by atoms with Crippen LogP contribution >= 0.6 is 0 Å². The van der Waals surface area contributed by atoms with Crippen molar-refractivity contribution in [3.8, 4) is 0 Å². The molecular weight excluding hydrogens is 239 g/mol. The van der Waals surface area contributed by atoms with Gasteiger partial charge in [-0.2, -0.15) is 0 Å². The lowest BCUT2D eigenvalue weighted by Crippen LogP contribution is -2.29. The Hall–Kier alpha value is -1.71. The molecule has 3 rings (SSSR count). The Bertz CT molecular complexity index is 595. The maximum atomic E-state index is 13.3. The van der Waals surface area contributed by atoms with Gasteiger partial charge in [-0.1, -0.05) is 30.3 Å². The van der Waals surface area contributed by atoms with E-state index in [1.54, 1.807) is 6.07 Å². The van der Waals surface area contributed by atoms with E-state index < -0.39 is 0 Å². The average molecular weight is 256 g/mol. The van der Waals surface area contributed by atoms with Crippen molar-refractivity contribution in [2.45, 2.75) is 25.3 Å². The molecule has 1 atom stereocenters. The lowest BCUT2D eigenvalue weighted by molar-refractivity contribution is 0.605. The maximum absolute atomic E-state index is 13.3. The predicted octanol–water partition coefficient (Wildman–Crippen LogP) is 2.87. The molecule has 0 fully saturated rings. The van der Waals surface area contributed by atoms with Crippen LogP contribution in [0.5, 0.6) is 0 Å². The summed E-state index contributed by atoms with van der Waals surface area (Å²) in [5.41, 5.74) is 7.55. The number of halogens is 1. The van der Waals surface area contributed by atoms with Crippen molar-refractivity contribution in [3.05, 3.63) is 70.5 Å². The molecule has 0 radical (unpaired) electrons. The Morgan fingerprint density at radius 1 is 1.00 bits per heavy atom. The minimum Gasteiger partial charge on any atom is -0.271 e. The number of rotatable bonds is 3. The van der Waals surface area contributed by atoms with Crippen molar-refractivity contribution < 1.29 is 4.39 Å². The number of nitrogens with two attached hydrogens (primary N) is 1. The Morgan fingerprint density at radius 3 is 2.58 bits per heavy atom. The number of hydrogen-bond acceptors (Lipinski definition) is 2. The highest BCUT2D eigenvalue weighted by Gasteiger charge is 2.17. The molecule has 0 heterocycles. The van der Waals surface area contributed by atoms with E-state index in [9.17, 15) is 4.39 Å². The molecule has 0 amide bonds. The van der Waals surface area contributed by atoms with E-state index in [0.29, 0.717) is 0 Å². The summed E-state index contributed by atoms with van der Waals surface area (Å²) in [6.45, 7) is 0. The fraction of sp³-hybridized carbons (Fsp3) is 0.250. The highest BCUT2D eigenvalue weighted by atomic mass is 19.1. The third-order valence-electron chi connectivity index (χ3n) is 3.80. The standard InChI is InChI=1S/C16H17FN2/c17-15-6-2-5-13(10-15)16(19-18)14-8-7-11-3-1-4-12(11)9-14/h2,5-10,16,19H,1,3-4,18H2. The Kier molecular flexibility index (Phi) is 3.32. The summed E-state index contributed by atoms with van der Waals surface area (Å²) in [6, 6.07) is 12.8. The number of aryl methyl sites for hydroxylation is 2. The first-order chi connectivity index (χ1) is 9.28. The lowest BCUT2D eigenvalue weighted by Gasteiger charge is -2.18. The number of fused-ring (bicyclic) bond motifs is 1. The molecule has 0 aromatic heterocycles. The van der Waals surface area contributed by atoms with Gasteiger partial charge in [-0.05, 0) is 53.6 Å². The summed E-state index contributed by atoms with van der Waals surface area (Å²) in [5, 5.41) is 0. The van der Waals surface area contributed by atoms with Crippen LogP contribution in [0.15, 0.2) is 42.5 Å². The van der Waals surface area contributed by atoms with Crippen LogP contribution in [0.25, 0.3) is 0 Å². The second-order valence-electron chi connectivity index (χ2n) is 5.04. The van der Waals surface area contributed by atoms with Gasteiger partial charge < -0.3 is 0 Å². The SMILES string of the molecule is NNC(c1cccc(F)c1)c1ccc2c(c1)CCC2. The van der Waals surface area contributed by atoms with Gasteiger partial charge in [0.15, 0.2) is 0 Å². The van der Waals surface area contributed by atoms with Gasteiger partial charge in [0.05, 0.1) is 6.04 Å². The van der Waals surface area contributed by atoms with Gasteiger partial charge in [0.1, 0.15) is 5.82 Å². The molecule has 2 aromatic rings. The van der Waals surface area contributed by atoms with Crippen molar-refractivity contribution in [2.24, 2.45) is 5.84 Å². The van der Waals surface area contributed by atoms with Gasteiger partial charge in [-0.3, -0.25) is 5.84 Å². The average Bonchev–Trinajstić information content (AvgIpc) is 2.87. The second-order valence-corrected chi connectivity index (χ2v) is 5.04. The number of benzene rings is 2. The molecule has 0 saturated heterocycles. The maximum Gasteiger partial charge on any atom is 0.123 e. The van der Waals surface area contributed by atoms with Gasteiger partial charge in [0.25, 0.3) is 0 Å². The molecule has 2 aromatic carbocycles. The molecule has 1 unspecified atom stereocenters. The number of hydrazine groups is 1. The van der Waals surface area contributed by atoms with Crippen LogP contribution in [-0.4, -0.2) is 0 Å². The molecule has 3 N–H and O–H groups in total. The van der Waals surface area contributed by atoms with Gasteiger partial charge in [-0.25, -0.2) is 9.82 Å². The first kappa shape index (κ1) is 12.3. The second kappa shape index (κ2) is 5.11. The van der Waals surface area contributed by atoms with Crippen molar-refractivity contribution in [1.29, 1.82) is 0 Å². The minimum absolute atomic E-state index is 0.165. The zero-order valence-corrected chi connectivity index (χ0v) is 10.7. The minimum atomic E-state index is -0.237. The molecule has 98 valence electrons.